The van der Waals surface area contributed by atoms with Crippen molar-refractivity contribution in [2.45, 2.75) is 6.92 Å². The zero-order chi connectivity index (χ0) is 23.6. The van der Waals surface area contributed by atoms with Gasteiger partial charge in [-0.2, -0.15) is 0 Å². The Morgan fingerprint density at radius 2 is 1.44 bits per heavy atom. The zero-order valence-corrected chi connectivity index (χ0v) is 22.6. The van der Waals surface area contributed by atoms with Crippen molar-refractivity contribution < 1.29 is 24.5 Å². The van der Waals surface area contributed by atoms with E-state index in [4.69, 9.17) is 4.42 Å². The second kappa shape index (κ2) is 10.5. The number of hydrogen-bond donors (Lipinski definition) is 0. The van der Waals surface area contributed by atoms with E-state index in [0.29, 0.717) is 0 Å². The van der Waals surface area contributed by atoms with Gasteiger partial charge in [-0.15, -0.1) is 65.4 Å². The van der Waals surface area contributed by atoms with E-state index in [2.05, 4.69) is 53.3 Å². The van der Waals surface area contributed by atoms with Crippen LogP contribution >= 0.6 is 11.3 Å². The maximum absolute atomic E-state index is 6.30. The van der Waals surface area contributed by atoms with Gasteiger partial charge in [-0.25, -0.2) is 0 Å². The van der Waals surface area contributed by atoms with Crippen LogP contribution in [0.3, 0.4) is 0 Å². The van der Waals surface area contributed by atoms with Crippen LogP contribution in [-0.2, 0) is 20.1 Å². The summed E-state index contributed by atoms with van der Waals surface area (Å²) in [5.74, 6) is 0. The van der Waals surface area contributed by atoms with Gasteiger partial charge in [0.15, 0.2) is 0 Å². The predicted molar refractivity (Wildman–Crippen MR) is 144 cm³/mol. The minimum Gasteiger partial charge on any atom is -0.500 e. The number of aryl methyl sites for hydroxylation is 1. The van der Waals surface area contributed by atoms with E-state index < -0.39 is 0 Å². The molecule has 0 aliphatic heterocycles. The Bertz CT molecular complexity index is 1710. The Morgan fingerprint density at radius 1 is 0.694 bits per heavy atom. The van der Waals surface area contributed by atoms with Gasteiger partial charge < -0.3 is 14.4 Å². The van der Waals surface area contributed by atoms with Crippen molar-refractivity contribution in [1.82, 2.24) is 9.97 Å². The first-order valence-corrected chi connectivity index (χ1v) is 12.2. The van der Waals surface area contributed by atoms with Gasteiger partial charge in [0.1, 0.15) is 5.58 Å². The van der Waals surface area contributed by atoms with Crippen LogP contribution in [0.1, 0.15) is 4.88 Å². The van der Waals surface area contributed by atoms with E-state index in [1.807, 2.05) is 66.7 Å². The Kier molecular flexibility index (Phi) is 7.06. The summed E-state index contributed by atoms with van der Waals surface area (Å²) in [5, 5.41) is 3.45. The molecule has 0 N–H and O–H groups in total. The maximum Gasteiger partial charge on any atom is 0.129 e. The second-order valence-corrected chi connectivity index (χ2v) is 9.40. The number of furan rings is 1. The van der Waals surface area contributed by atoms with Gasteiger partial charge in [0.2, 0.25) is 0 Å². The first-order valence-electron chi connectivity index (χ1n) is 11.3. The number of fused-ring (bicyclic) bond motifs is 5. The van der Waals surface area contributed by atoms with Crippen molar-refractivity contribution in [2.24, 2.45) is 0 Å². The molecular formula is C31H20IrN2OS-2. The van der Waals surface area contributed by atoms with Crippen LogP contribution in [0.25, 0.3) is 54.5 Å². The monoisotopic (exact) mass is 661 g/mol. The standard InChI is InChI=1S/C20H12NOS.C11H8N.Ir/c1-12-11-16-18(23-12)9-8-14-13-5-4-6-15(19(13)22-20(14)16)17-7-2-3-10-21-17;1-2-6-10(7-3-1)11-8-4-5-9-12-11;/h2-5,7-11H,1H3;1-6,8-9H;/q2*-1;. The molecule has 0 aliphatic carbocycles. The van der Waals surface area contributed by atoms with Crippen LogP contribution < -0.4 is 0 Å². The van der Waals surface area contributed by atoms with Crippen LogP contribution in [0.4, 0.5) is 0 Å². The Morgan fingerprint density at radius 3 is 2.17 bits per heavy atom. The molecule has 0 atom stereocenters. The number of nitrogens with zero attached hydrogens (tertiary/aromatic N) is 2. The van der Waals surface area contributed by atoms with Gasteiger partial charge >= 0.3 is 0 Å². The Labute approximate surface area is 226 Å². The summed E-state index contributed by atoms with van der Waals surface area (Å²) in [7, 11) is 0. The molecule has 4 heterocycles. The topological polar surface area (TPSA) is 38.9 Å². The Hall–Kier alpha value is -3.63. The molecule has 5 heteroatoms. The zero-order valence-electron chi connectivity index (χ0n) is 19.4. The molecule has 4 aromatic heterocycles. The molecule has 0 spiro atoms. The third-order valence-corrected chi connectivity index (χ3v) is 6.80. The predicted octanol–water partition coefficient (Wildman–Crippen LogP) is 8.52. The Balaban J connectivity index is 0.000000175. The van der Waals surface area contributed by atoms with E-state index >= 15 is 0 Å². The first-order chi connectivity index (χ1) is 17.3. The molecular weight excluding hydrogens is 641 g/mol. The number of rotatable bonds is 2. The van der Waals surface area contributed by atoms with Gasteiger partial charge in [0, 0.05) is 52.8 Å². The number of thiophene rings is 1. The first kappa shape index (κ1) is 24.1. The van der Waals surface area contributed by atoms with Crippen LogP contribution in [0.15, 0.2) is 108 Å². The normalized spacial score (nSPS) is 10.7. The van der Waals surface area contributed by atoms with Crippen molar-refractivity contribution in [3.63, 3.8) is 0 Å². The molecule has 0 saturated heterocycles. The van der Waals surface area contributed by atoms with Gasteiger partial charge in [0.05, 0.1) is 5.58 Å². The second-order valence-electron chi connectivity index (χ2n) is 8.11. The summed E-state index contributed by atoms with van der Waals surface area (Å²) in [6.45, 7) is 2.13. The molecule has 36 heavy (non-hydrogen) atoms. The summed E-state index contributed by atoms with van der Waals surface area (Å²) in [5.41, 5.74) is 5.63. The van der Waals surface area contributed by atoms with Crippen LogP contribution in [0.5, 0.6) is 0 Å². The van der Waals surface area contributed by atoms with Crippen molar-refractivity contribution >= 4 is 43.4 Å². The summed E-state index contributed by atoms with van der Waals surface area (Å²) < 4.78 is 7.56. The molecule has 7 aromatic rings. The van der Waals surface area contributed by atoms with Gasteiger partial charge in [-0.1, -0.05) is 41.3 Å². The van der Waals surface area contributed by atoms with E-state index in [1.54, 1.807) is 23.7 Å². The largest absolute Gasteiger partial charge is 0.500 e. The van der Waals surface area contributed by atoms with Crippen molar-refractivity contribution in [1.29, 1.82) is 0 Å². The number of pyridine rings is 2. The fourth-order valence-corrected chi connectivity index (χ4v) is 5.14. The van der Waals surface area contributed by atoms with Gasteiger partial charge in [0.25, 0.3) is 0 Å². The molecule has 7 rings (SSSR count). The molecule has 0 saturated carbocycles. The van der Waals surface area contributed by atoms with E-state index in [9.17, 15) is 0 Å². The van der Waals surface area contributed by atoms with Crippen molar-refractivity contribution in [3.05, 3.63) is 120 Å². The van der Waals surface area contributed by atoms with E-state index in [0.717, 1.165) is 44.5 Å². The molecule has 3 aromatic carbocycles. The molecule has 3 nitrogen and oxygen atoms in total. The van der Waals surface area contributed by atoms with Crippen molar-refractivity contribution in [3.8, 4) is 22.5 Å². The van der Waals surface area contributed by atoms with Crippen LogP contribution in [0.2, 0.25) is 0 Å². The summed E-state index contributed by atoms with van der Waals surface area (Å²) in [4.78, 5) is 9.96. The summed E-state index contributed by atoms with van der Waals surface area (Å²) in [6, 6.07) is 36.6. The molecule has 0 amide bonds. The minimum absolute atomic E-state index is 0. The molecule has 1 radical (unpaired) electrons. The summed E-state index contributed by atoms with van der Waals surface area (Å²) in [6.07, 6.45) is 3.58. The number of aromatic nitrogens is 2. The van der Waals surface area contributed by atoms with Crippen LogP contribution in [-0.4, -0.2) is 9.97 Å². The average Bonchev–Trinajstić information content (AvgIpc) is 3.50. The van der Waals surface area contributed by atoms with Crippen molar-refractivity contribution in [2.75, 3.05) is 0 Å². The number of hydrogen-bond acceptors (Lipinski definition) is 4. The van der Waals surface area contributed by atoms with Gasteiger partial charge in [-0.3, -0.25) is 0 Å². The summed E-state index contributed by atoms with van der Waals surface area (Å²) >= 11 is 1.80. The number of benzene rings is 3. The maximum atomic E-state index is 6.30. The fourth-order valence-electron chi connectivity index (χ4n) is 4.22. The fraction of sp³-hybridized carbons (Fsp3) is 0.0323. The SMILES string of the molecule is Cc1cc2c(ccc3c4cc[c-]c(-c5ccccn5)c4oc23)s1.[Ir].[c-]1ccccc1-c1ccccn1. The third kappa shape index (κ3) is 4.61. The molecule has 0 fully saturated rings. The molecule has 0 bridgehead atoms. The minimum atomic E-state index is 0. The molecule has 0 unspecified atom stereocenters. The smallest absolute Gasteiger partial charge is 0.129 e. The van der Waals surface area contributed by atoms with Gasteiger partial charge in [-0.05, 0) is 42.6 Å². The molecule has 0 aliphatic rings. The van der Waals surface area contributed by atoms with Crippen LogP contribution in [0, 0.1) is 19.1 Å². The average molecular weight is 661 g/mol. The van der Waals surface area contributed by atoms with E-state index in [1.165, 1.54) is 15.0 Å². The third-order valence-electron chi connectivity index (χ3n) is 5.79. The molecule has 177 valence electrons. The quantitative estimate of drug-likeness (QED) is 0.175. The van der Waals surface area contributed by atoms with E-state index in [-0.39, 0.29) is 20.1 Å².